The monoisotopic (exact) mass is 317 g/mol. The van der Waals surface area contributed by atoms with E-state index in [1.54, 1.807) is 6.07 Å². The lowest BCUT2D eigenvalue weighted by Crippen LogP contribution is -2.28. The van der Waals surface area contributed by atoms with Gasteiger partial charge in [0.2, 0.25) is 5.91 Å². The number of halogens is 2. The standard InChI is InChI=1S/C11H13BrClN3O/c12-8-3-7(5-15-11(8)13)16-10(17)4-9(14)6-1-2-6/h3,5-6,9H,1-2,4,14H2,(H,16,17). The molecule has 0 aromatic carbocycles. The lowest BCUT2D eigenvalue weighted by Gasteiger charge is -2.10. The minimum Gasteiger partial charge on any atom is -0.327 e. The van der Waals surface area contributed by atoms with Gasteiger partial charge in [0.25, 0.3) is 0 Å². The highest BCUT2D eigenvalue weighted by molar-refractivity contribution is 9.10. The largest absolute Gasteiger partial charge is 0.327 e. The molecule has 0 aliphatic heterocycles. The zero-order valence-corrected chi connectivity index (χ0v) is 11.5. The summed E-state index contributed by atoms with van der Waals surface area (Å²) < 4.78 is 0.656. The van der Waals surface area contributed by atoms with Crippen molar-refractivity contribution in [3.05, 3.63) is 21.9 Å². The lowest BCUT2D eigenvalue weighted by molar-refractivity contribution is -0.116. The van der Waals surface area contributed by atoms with Crippen molar-refractivity contribution in [3.63, 3.8) is 0 Å². The summed E-state index contributed by atoms with van der Waals surface area (Å²) in [5.41, 5.74) is 6.50. The van der Waals surface area contributed by atoms with Crippen molar-refractivity contribution in [1.82, 2.24) is 4.98 Å². The topological polar surface area (TPSA) is 68.0 Å². The van der Waals surface area contributed by atoms with Crippen LogP contribution in [0, 0.1) is 5.92 Å². The van der Waals surface area contributed by atoms with Crippen LogP contribution in [0.2, 0.25) is 5.15 Å². The molecule has 3 N–H and O–H groups in total. The van der Waals surface area contributed by atoms with Gasteiger partial charge in [-0.2, -0.15) is 0 Å². The van der Waals surface area contributed by atoms with Gasteiger partial charge in [0, 0.05) is 12.5 Å². The van der Waals surface area contributed by atoms with Crippen molar-refractivity contribution in [3.8, 4) is 0 Å². The highest BCUT2D eigenvalue weighted by Crippen LogP contribution is 2.33. The van der Waals surface area contributed by atoms with Crippen molar-refractivity contribution in [2.45, 2.75) is 25.3 Å². The van der Waals surface area contributed by atoms with Crippen LogP contribution in [-0.2, 0) is 4.79 Å². The van der Waals surface area contributed by atoms with Gasteiger partial charge in [-0.25, -0.2) is 4.98 Å². The number of pyridine rings is 1. The van der Waals surface area contributed by atoms with E-state index in [1.807, 2.05) is 0 Å². The fourth-order valence-electron chi connectivity index (χ4n) is 1.61. The van der Waals surface area contributed by atoms with Gasteiger partial charge in [0.05, 0.1) is 16.4 Å². The molecule has 1 aliphatic carbocycles. The number of nitrogens with two attached hydrogens (primary N) is 1. The van der Waals surface area contributed by atoms with E-state index < -0.39 is 0 Å². The number of hydrogen-bond acceptors (Lipinski definition) is 3. The molecule has 0 radical (unpaired) electrons. The average Bonchev–Trinajstić information content (AvgIpc) is 3.06. The second-order valence-electron chi connectivity index (χ2n) is 4.25. The first kappa shape index (κ1) is 12.8. The number of amides is 1. The summed E-state index contributed by atoms with van der Waals surface area (Å²) >= 11 is 9.01. The molecule has 0 bridgehead atoms. The van der Waals surface area contributed by atoms with Gasteiger partial charge in [-0.05, 0) is 40.8 Å². The minimum absolute atomic E-state index is 0.0290. The molecule has 1 saturated carbocycles. The van der Waals surface area contributed by atoms with Crippen LogP contribution in [0.25, 0.3) is 0 Å². The van der Waals surface area contributed by atoms with Gasteiger partial charge >= 0.3 is 0 Å². The third-order valence-corrected chi connectivity index (χ3v) is 3.86. The second kappa shape index (κ2) is 5.33. The van der Waals surface area contributed by atoms with E-state index in [2.05, 4.69) is 26.2 Å². The maximum Gasteiger partial charge on any atom is 0.225 e. The number of nitrogens with one attached hydrogen (secondary N) is 1. The number of aromatic nitrogens is 1. The molecule has 6 heteroatoms. The molecule has 1 amide bonds. The molecule has 0 spiro atoms. The molecule has 2 rings (SSSR count). The molecule has 92 valence electrons. The maximum absolute atomic E-state index is 11.7. The lowest BCUT2D eigenvalue weighted by atomic mass is 10.1. The molecule has 0 saturated heterocycles. The van der Waals surface area contributed by atoms with E-state index in [0.29, 0.717) is 27.7 Å². The smallest absolute Gasteiger partial charge is 0.225 e. The number of hydrogen-bond donors (Lipinski definition) is 2. The third kappa shape index (κ3) is 3.66. The summed E-state index contributed by atoms with van der Waals surface area (Å²) in [7, 11) is 0. The van der Waals surface area contributed by atoms with Crippen LogP contribution in [0.15, 0.2) is 16.7 Å². The Bertz CT molecular complexity index is 437. The first-order valence-corrected chi connectivity index (χ1v) is 6.60. The maximum atomic E-state index is 11.7. The van der Waals surface area contributed by atoms with Crippen molar-refractivity contribution in [2.75, 3.05) is 5.32 Å². The molecule has 1 heterocycles. The molecule has 4 nitrogen and oxygen atoms in total. The summed E-state index contributed by atoms with van der Waals surface area (Å²) in [6, 6.07) is 1.69. The Hall–Kier alpha value is -0.650. The highest BCUT2D eigenvalue weighted by Gasteiger charge is 2.29. The number of carbonyl (C=O) groups excluding carboxylic acids is 1. The van der Waals surface area contributed by atoms with Crippen LogP contribution in [0.1, 0.15) is 19.3 Å². The van der Waals surface area contributed by atoms with E-state index in [0.717, 1.165) is 12.8 Å². The number of anilines is 1. The number of rotatable bonds is 4. The van der Waals surface area contributed by atoms with Crippen LogP contribution in [0.5, 0.6) is 0 Å². The molecule has 1 unspecified atom stereocenters. The summed E-state index contributed by atoms with van der Waals surface area (Å²) in [5.74, 6) is 0.441. The predicted octanol–water partition coefficient (Wildman–Crippen LogP) is 2.56. The van der Waals surface area contributed by atoms with E-state index in [9.17, 15) is 4.79 Å². The number of carbonyl (C=O) groups is 1. The normalized spacial score (nSPS) is 16.6. The Morgan fingerprint density at radius 2 is 2.41 bits per heavy atom. The van der Waals surface area contributed by atoms with Gasteiger partial charge in [0.1, 0.15) is 5.15 Å². The van der Waals surface area contributed by atoms with Gasteiger partial charge in [0.15, 0.2) is 0 Å². The molecule has 1 aromatic heterocycles. The SMILES string of the molecule is NC(CC(=O)Nc1cnc(Cl)c(Br)c1)C1CC1. The Morgan fingerprint density at radius 1 is 1.71 bits per heavy atom. The van der Waals surface area contributed by atoms with Crippen molar-refractivity contribution in [2.24, 2.45) is 11.7 Å². The van der Waals surface area contributed by atoms with Crippen LogP contribution < -0.4 is 11.1 Å². The van der Waals surface area contributed by atoms with E-state index >= 15 is 0 Å². The average molecular weight is 319 g/mol. The Balaban J connectivity index is 1.90. The minimum atomic E-state index is -0.0829. The number of nitrogens with zero attached hydrogens (tertiary/aromatic N) is 1. The van der Waals surface area contributed by atoms with Crippen molar-refractivity contribution < 1.29 is 4.79 Å². The molecular formula is C11H13BrClN3O. The second-order valence-corrected chi connectivity index (χ2v) is 5.46. The Morgan fingerprint density at radius 3 is 3.00 bits per heavy atom. The third-order valence-electron chi connectivity index (χ3n) is 2.73. The van der Waals surface area contributed by atoms with Crippen LogP contribution in [0.3, 0.4) is 0 Å². The van der Waals surface area contributed by atoms with Gasteiger partial charge < -0.3 is 11.1 Å². The zero-order valence-electron chi connectivity index (χ0n) is 9.12. The summed E-state index contributed by atoms with van der Waals surface area (Å²) in [6.45, 7) is 0. The summed E-state index contributed by atoms with van der Waals surface area (Å²) in [5, 5.41) is 3.13. The van der Waals surface area contributed by atoms with E-state index in [1.165, 1.54) is 6.20 Å². The molecule has 1 fully saturated rings. The predicted molar refractivity (Wildman–Crippen MR) is 70.9 cm³/mol. The molecule has 1 aromatic rings. The van der Waals surface area contributed by atoms with Gasteiger partial charge in [-0.1, -0.05) is 11.6 Å². The fraction of sp³-hybridized carbons (Fsp3) is 0.455. The zero-order chi connectivity index (χ0) is 12.4. The van der Waals surface area contributed by atoms with Crippen molar-refractivity contribution >= 4 is 39.1 Å². The molecule has 1 atom stereocenters. The first-order chi connectivity index (χ1) is 8.06. The molecule has 17 heavy (non-hydrogen) atoms. The summed E-state index contributed by atoms with van der Waals surface area (Å²) in [6.07, 6.45) is 4.16. The summed E-state index contributed by atoms with van der Waals surface area (Å²) in [4.78, 5) is 15.6. The Kier molecular flexibility index (Phi) is 4.01. The van der Waals surface area contributed by atoms with E-state index in [4.69, 9.17) is 17.3 Å². The quantitative estimate of drug-likeness (QED) is 0.838. The highest BCUT2D eigenvalue weighted by atomic mass is 79.9. The fourth-order valence-corrected chi connectivity index (χ4v) is 2.06. The van der Waals surface area contributed by atoms with Gasteiger partial charge in [-0.15, -0.1) is 0 Å². The van der Waals surface area contributed by atoms with Crippen molar-refractivity contribution in [1.29, 1.82) is 0 Å². The first-order valence-electron chi connectivity index (χ1n) is 5.42. The molecule has 1 aliphatic rings. The Labute approximate surface area is 113 Å². The van der Waals surface area contributed by atoms with Crippen LogP contribution in [-0.4, -0.2) is 16.9 Å². The molecular weight excluding hydrogens is 305 g/mol. The van der Waals surface area contributed by atoms with Gasteiger partial charge in [-0.3, -0.25) is 4.79 Å². The van der Waals surface area contributed by atoms with E-state index in [-0.39, 0.29) is 11.9 Å². The van der Waals surface area contributed by atoms with Crippen LogP contribution in [0.4, 0.5) is 5.69 Å². The van der Waals surface area contributed by atoms with Crippen LogP contribution >= 0.6 is 27.5 Å².